The molecule has 0 bridgehead atoms. The normalized spacial score (nSPS) is 16.0. The van der Waals surface area contributed by atoms with Gasteiger partial charge in [-0.3, -0.25) is 15.6 Å². The van der Waals surface area contributed by atoms with Crippen molar-refractivity contribution in [3.05, 3.63) is 29.8 Å². The summed E-state index contributed by atoms with van der Waals surface area (Å²) < 4.78 is 26.4. The van der Waals surface area contributed by atoms with Gasteiger partial charge in [0.05, 0.1) is 29.1 Å². The third kappa shape index (κ3) is 3.37. The SMILES string of the molecule is N#Cc1cccc(S(=O)(=O)N(CC(N)=O)C2CNNC2)c1. The van der Waals surface area contributed by atoms with Crippen LogP contribution in [0.4, 0.5) is 0 Å². The maximum absolute atomic E-state index is 12.7. The van der Waals surface area contributed by atoms with Crippen LogP contribution in [-0.2, 0) is 14.8 Å². The first kappa shape index (κ1) is 15.4. The fraction of sp³-hybridized carbons (Fsp3) is 0.333. The molecule has 0 aromatic heterocycles. The first-order valence-electron chi connectivity index (χ1n) is 6.21. The number of rotatable bonds is 5. The Bertz CT molecular complexity index is 676. The van der Waals surface area contributed by atoms with Crippen LogP contribution in [0.15, 0.2) is 29.2 Å². The van der Waals surface area contributed by atoms with Gasteiger partial charge in [0.2, 0.25) is 15.9 Å². The molecule has 1 aromatic rings. The summed E-state index contributed by atoms with van der Waals surface area (Å²) in [6.07, 6.45) is 0. The maximum Gasteiger partial charge on any atom is 0.243 e. The Labute approximate surface area is 122 Å². The average Bonchev–Trinajstić information content (AvgIpc) is 2.98. The first-order chi connectivity index (χ1) is 9.95. The van der Waals surface area contributed by atoms with Crippen LogP contribution in [0.25, 0.3) is 0 Å². The van der Waals surface area contributed by atoms with Gasteiger partial charge in [-0.25, -0.2) is 8.42 Å². The highest BCUT2D eigenvalue weighted by Gasteiger charge is 2.34. The molecule has 0 unspecified atom stereocenters. The van der Waals surface area contributed by atoms with Gasteiger partial charge in [0, 0.05) is 13.1 Å². The van der Waals surface area contributed by atoms with Crippen LogP contribution < -0.4 is 16.6 Å². The lowest BCUT2D eigenvalue weighted by Crippen LogP contribution is -2.47. The van der Waals surface area contributed by atoms with E-state index < -0.39 is 28.5 Å². The van der Waals surface area contributed by atoms with E-state index in [-0.39, 0.29) is 10.5 Å². The molecule has 0 aliphatic carbocycles. The molecule has 0 spiro atoms. The summed E-state index contributed by atoms with van der Waals surface area (Å²) in [4.78, 5) is 11.2. The van der Waals surface area contributed by atoms with Gasteiger partial charge >= 0.3 is 0 Å². The zero-order valence-electron chi connectivity index (χ0n) is 11.1. The second kappa shape index (κ2) is 6.19. The Morgan fingerprint density at radius 1 is 1.43 bits per heavy atom. The minimum absolute atomic E-state index is 0.0327. The highest BCUT2D eigenvalue weighted by Crippen LogP contribution is 2.19. The molecule has 1 aliphatic heterocycles. The Morgan fingerprint density at radius 3 is 2.67 bits per heavy atom. The number of amides is 1. The zero-order valence-corrected chi connectivity index (χ0v) is 11.9. The highest BCUT2D eigenvalue weighted by atomic mass is 32.2. The number of sulfonamides is 1. The van der Waals surface area contributed by atoms with Crippen molar-refractivity contribution in [1.29, 1.82) is 5.26 Å². The second-order valence-electron chi connectivity index (χ2n) is 4.57. The lowest BCUT2D eigenvalue weighted by Gasteiger charge is -2.25. The van der Waals surface area contributed by atoms with Gasteiger partial charge in [0.1, 0.15) is 0 Å². The lowest BCUT2D eigenvalue weighted by molar-refractivity contribution is -0.118. The second-order valence-corrected chi connectivity index (χ2v) is 6.46. The van der Waals surface area contributed by atoms with Crippen LogP contribution >= 0.6 is 0 Å². The number of nitriles is 1. The van der Waals surface area contributed by atoms with Crippen LogP contribution in [-0.4, -0.2) is 44.3 Å². The van der Waals surface area contributed by atoms with Gasteiger partial charge in [0.25, 0.3) is 0 Å². The van der Waals surface area contributed by atoms with E-state index in [1.54, 1.807) is 0 Å². The van der Waals surface area contributed by atoms with Crippen LogP contribution in [0, 0.1) is 11.3 Å². The summed E-state index contributed by atoms with van der Waals surface area (Å²) in [7, 11) is -3.91. The Kier molecular flexibility index (Phi) is 4.54. The topological polar surface area (TPSA) is 128 Å². The Morgan fingerprint density at radius 2 is 2.10 bits per heavy atom. The number of benzene rings is 1. The van der Waals surface area contributed by atoms with E-state index in [4.69, 9.17) is 11.0 Å². The lowest BCUT2D eigenvalue weighted by atomic mass is 10.2. The molecular weight excluding hydrogens is 294 g/mol. The molecule has 4 N–H and O–H groups in total. The molecule has 0 radical (unpaired) electrons. The summed E-state index contributed by atoms with van der Waals surface area (Å²) in [5.41, 5.74) is 11.0. The number of carbonyl (C=O) groups is 1. The fourth-order valence-electron chi connectivity index (χ4n) is 2.08. The molecule has 112 valence electrons. The van der Waals surface area contributed by atoms with Crippen molar-refractivity contribution in [2.45, 2.75) is 10.9 Å². The largest absolute Gasteiger partial charge is 0.369 e. The maximum atomic E-state index is 12.7. The molecule has 0 atom stereocenters. The molecule has 1 saturated heterocycles. The number of nitrogens with two attached hydrogens (primary N) is 1. The smallest absolute Gasteiger partial charge is 0.243 e. The third-order valence-corrected chi connectivity index (χ3v) is 4.98. The van der Waals surface area contributed by atoms with Crippen LogP contribution in [0.3, 0.4) is 0 Å². The van der Waals surface area contributed by atoms with Gasteiger partial charge in [0.15, 0.2) is 0 Å². The predicted molar refractivity (Wildman–Crippen MR) is 74.0 cm³/mol. The standard InChI is InChI=1S/C12H15N5O3S/c13-5-9-2-1-3-11(4-9)21(19,20)17(8-12(14)18)10-6-15-16-7-10/h1-4,10,15-16H,6-8H2,(H2,14,18). The number of hydrogen-bond acceptors (Lipinski definition) is 6. The van der Waals surface area contributed by atoms with Gasteiger partial charge in [-0.05, 0) is 18.2 Å². The first-order valence-corrected chi connectivity index (χ1v) is 7.65. The molecular formula is C12H15N5O3S. The van der Waals surface area contributed by atoms with Gasteiger partial charge in [-0.15, -0.1) is 0 Å². The monoisotopic (exact) mass is 309 g/mol. The van der Waals surface area contributed by atoms with Crippen molar-refractivity contribution in [1.82, 2.24) is 15.2 Å². The molecule has 1 amide bonds. The summed E-state index contributed by atoms with van der Waals surface area (Å²) in [6.45, 7) is 0.321. The number of hydrogen-bond donors (Lipinski definition) is 3. The number of hydrazine groups is 1. The minimum Gasteiger partial charge on any atom is -0.369 e. The molecule has 21 heavy (non-hydrogen) atoms. The van der Waals surface area contributed by atoms with Crippen LogP contribution in [0.5, 0.6) is 0 Å². The average molecular weight is 309 g/mol. The summed E-state index contributed by atoms with van der Waals surface area (Å²) in [6, 6.07) is 7.13. The van der Waals surface area contributed by atoms with Crippen molar-refractivity contribution in [2.75, 3.05) is 19.6 Å². The number of nitrogens with zero attached hydrogens (tertiary/aromatic N) is 2. The van der Waals surface area contributed by atoms with E-state index in [2.05, 4.69) is 10.9 Å². The third-order valence-electron chi connectivity index (χ3n) is 3.09. The zero-order chi connectivity index (χ0) is 15.5. The van der Waals surface area contributed by atoms with Crippen molar-refractivity contribution < 1.29 is 13.2 Å². The van der Waals surface area contributed by atoms with E-state index in [1.807, 2.05) is 6.07 Å². The summed E-state index contributed by atoms with van der Waals surface area (Å²) >= 11 is 0. The number of carbonyl (C=O) groups excluding carboxylic acids is 1. The van der Waals surface area contributed by atoms with Crippen molar-refractivity contribution in [3.8, 4) is 6.07 Å². The van der Waals surface area contributed by atoms with Crippen molar-refractivity contribution in [2.24, 2.45) is 5.73 Å². The molecule has 2 rings (SSSR count). The van der Waals surface area contributed by atoms with E-state index >= 15 is 0 Å². The fourth-order valence-corrected chi connectivity index (χ4v) is 3.72. The number of nitrogens with one attached hydrogen (secondary N) is 2. The van der Waals surface area contributed by atoms with Crippen molar-refractivity contribution in [3.63, 3.8) is 0 Å². The summed E-state index contributed by atoms with van der Waals surface area (Å²) in [5, 5.41) is 8.87. The molecule has 1 aromatic carbocycles. The van der Waals surface area contributed by atoms with Gasteiger partial charge < -0.3 is 5.73 Å². The van der Waals surface area contributed by atoms with Gasteiger partial charge in [-0.2, -0.15) is 9.57 Å². The Balaban J connectivity index is 2.40. The van der Waals surface area contributed by atoms with E-state index in [9.17, 15) is 13.2 Å². The predicted octanol–water partition coefficient (Wildman–Crippen LogP) is -1.49. The van der Waals surface area contributed by atoms with Crippen LogP contribution in [0.2, 0.25) is 0 Å². The Hall–Kier alpha value is -1.99. The quantitative estimate of drug-likeness (QED) is 0.608. The van der Waals surface area contributed by atoms with Crippen LogP contribution in [0.1, 0.15) is 5.56 Å². The van der Waals surface area contributed by atoms with E-state index in [0.717, 1.165) is 4.31 Å². The molecule has 8 nitrogen and oxygen atoms in total. The summed E-state index contributed by atoms with van der Waals surface area (Å²) in [5.74, 6) is -0.734. The highest BCUT2D eigenvalue weighted by molar-refractivity contribution is 7.89. The number of primary amides is 1. The van der Waals surface area contributed by atoms with E-state index in [1.165, 1.54) is 24.3 Å². The molecule has 1 fully saturated rings. The van der Waals surface area contributed by atoms with E-state index in [0.29, 0.717) is 13.1 Å². The molecule has 0 saturated carbocycles. The molecule has 1 heterocycles. The molecule has 9 heteroatoms. The van der Waals surface area contributed by atoms with Gasteiger partial charge in [-0.1, -0.05) is 6.07 Å². The van der Waals surface area contributed by atoms with Crippen molar-refractivity contribution >= 4 is 15.9 Å². The minimum atomic E-state index is -3.91. The molecule has 1 aliphatic rings.